The lowest BCUT2D eigenvalue weighted by atomic mass is 10.0. The van der Waals surface area contributed by atoms with Crippen LogP contribution < -0.4 is 9.64 Å². The molecule has 0 bridgehead atoms. The molecule has 2 aromatic carbocycles. The van der Waals surface area contributed by atoms with Gasteiger partial charge in [0, 0.05) is 14.1 Å². The molecule has 1 aromatic heterocycles. The highest BCUT2D eigenvalue weighted by molar-refractivity contribution is 7.89. The smallest absolute Gasteiger partial charge is 0.249 e. The number of aryl methyl sites for hydroxylation is 1. The van der Waals surface area contributed by atoms with E-state index in [9.17, 15) is 13.2 Å². The number of aromatic nitrogens is 2. The number of carbonyl (C=O) groups is 1. The summed E-state index contributed by atoms with van der Waals surface area (Å²) >= 11 is 0. The van der Waals surface area contributed by atoms with E-state index in [0.717, 1.165) is 9.87 Å². The van der Waals surface area contributed by atoms with Gasteiger partial charge in [0.15, 0.2) is 0 Å². The monoisotopic (exact) mass is 454 g/mol. The molecule has 4 rings (SSSR count). The quantitative estimate of drug-likeness (QED) is 0.592. The summed E-state index contributed by atoms with van der Waals surface area (Å²) in [4.78, 5) is 15.5. The molecular formula is C23H26N4O4S. The minimum atomic E-state index is -3.68. The van der Waals surface area contributed by atoms with Crippen LogP contribution in [0.15, 0.2) is 59.5 Å². The lowest BCUT2D eigenvalue weighted by Gasteiger charge is -2.37. The van der Waals surface area contributed by atoms with Crippen molar-refractivity contribution in [3.8, 4) is 5.75 Å². The third-order valence-corrected chi connectivity index (χ3v) is 7.69. The number of ether oxygens (including phenoxy) is 1. The summed E-state index contributed by atoms with van der Waals surface area (Å²) in [5, 5.41) is 4.38. The van der Waals surface area contributed by atoms with E-state index in [4.69, 9.17) is 4.74 Å². The standard InChI is InChI=1S/C23H26N4O4S/c1-16-23(32(29,30)25(3)4)17(2)26(24-16)14-22(28)27-19-12-8-9-13-21(19)31-15-20(27)18-10-6-5-7-11-18/h5-13,20H,14-15H2,1-4H3/t20-/m0/s1. The molecule has 0 aliphatic carbocycles. The Balaban J connectivity index is 1.73. The lowest BCUT2D eigenvalue weighted by molar-refractivity contribution is -0.120. The van der Waals surface area contributed by atoms with Crippen molar-refractivity contribution in [1.82, 2.24) is 14.1 Å². The first kappa shape index (κ1) is 22.0. The van der Waals surface area contributed by atoms with Crippen LogP contribution in [0.5, 0.6) is 5.75 Å². The summed E-state index contributed by atoms with van der Waals surface area (Å²) in [6, 6.07) is 16.8. The van der Waals surface area contributed by atoms with E-state index >= 15 is 0 Å². The van der Waals surface area contributed by atoms with Crippen molar-refractivity contribution in [2.75, 3.05) is 25.6 Å². The maximum absolute atomic E-state index is 13.6. The molecule has 0 unspecified atom stereocenters. The highest BCUT2D eigenvalue weighted by atomic mass is 32.2. The number of para-hydroxylation sites is 2. The molecule has 0 spiro atoms. The van der Waals surface area contributed by atoms with Gasteiger partial charge in [-0.05, 0) is 31.5 Å². The average molecular weight is 455 g/mol. The Kier molecular flexibility index (Phi) is 5.79. The topological polar surface area (TPSA) is 84.7 Å². The highest BCUT2D eigenvalue weighted by Gasteiger charge is 2.34. The van der Waals surface area contributed by atoms with Crippen LogP contribution in [0.3, 0.4) is 0 Å². The average Bonchev–Trinajstić information content (AvgIpc) is 3.06. The number of carbonyl (C=O) groups excluding carboxylic acids is 1. The second kappa shape index (κ2) is 8.40. The fourth-order valence-electron chi connectivity index (χ4n) is 4.01. The second-order valence-corrected chi connectivity index (χ2v) is 10.0. The van der Waals surface area contributed by atoms with Crippen LogP contribution in [0.25, 0.3) is 0 Å². The van der Waals surface area contributed by atoms with Crippen molar-refractivity contribution in [2.24, 2.45) is 0 Å². The third kappa shape index (κ3) is 3.78. The Morgan fingerprint density at radius 2 is 1.75 bits per heavy atom. The Morgan fingerprint density at radius 3 is 2.44 bits per heavy atom. The van der Waals surface area contributed by atoms with E-state index in [2.05, 4.69) is 5.10 Å². The molecule has 1 aliphatic rings. The van der Waals surface area contributed by atoms with E-state index < -0.39 is 10.0 Å². The van der Waals surface area contributed by atoms with Gasteiger partial charge < -0.3 is 4.74 Å². The van der Waals surface area contributed by atoms with Crippen molar-refractivity contribution in [2.45, 2.75) is 31.3 Å². The summed E-state index contributed by atoms with van der Waals surface area (Å²) < 4.78 is 34.0. The predicted molar refractivity (Wildman–Crippen MR) is 121 cm³/mol. The Hall–Kier alpha value is -3.17. The zero-order valence-electron chi connectivity index (χ0n) is 18.5. The van der Waals surface area contributed by atoms with Gasteiger partial charge in [-0.1, -0.05) is 42.5 Å². The summed E-state index contributed by atoms with van der Waals surface area (Å²) in [7, 11) is -0.719. The van der Waals surface area contributed by atoms with E-state index in [1.165, 1.54) is 18.8 Å². The number of sulfonamides is 1. The number of hydrogen-bond acceptors (Lipinski definition) is 5. The maximum atomic E-state index is 13.6. The predicted octanol–water partition coefficient (Wildman–Crippen LogP) is 2.92. The highest BCUT2D eigenvalue weighted by Crippen LogP contribution is 2.39. The molecule has 0 saturated heterocycles. The van der Waals surface area contributed by atoms with Gasteiger partial charge in [-0.3, -0.25) is 14.4 Å². The largest absolute Gasteiger partial charge is 0.489 e. The van der Waals surface area contributed by atoms with Crippen LogP contribution >= 0.6 is 0 Å². The van der Waals surface area contributed by atoms with Gasteiger partial charge in [0.25, 0.3) is 0 Å². The van der Waals surface area contributed by atoms with Gasteiger partial charge in [0.1, 0.15) is 23.8 Å². The van der Waals surface area contributed by atoms with Crippen molar-refractivity contribution < 1.29 is 17.9 Å². The molecule has 9 heteroatoms. The molecule has 0 saturated carbocycles. The van der Waals surface area contributed by atoms with Crippen molar-refractivity contribution in [3.05, 3.63) is 71.5 Å². The molecule has 32 heavy (non-hydrogen) atoms. The molecule has 3 aromatic rings. The summed E-state index contributed by atoms with van der Waals surface area (Å²) in [5.74, 6) is 0.436. The Morgan fingerprint density at radius 1 is 1.09 bits per heavy atom. The van der Waals surface area contributed by atoms with Crippen LogP contribution in [-0.4, -0.2) is 49.1 Å². The number of anilines is 1. The summed E-state index contributed by atoms with van der Waals surface area (Å²) in [6.07, 6.45) is 0. The maximum Gasteiger partial charge on any atom is 0.249 e. The minimum absolute atomic E-state index is 0.0900. The van der Waals surface area contributed by atoms with E-state index in [0.29, 0.717) is 29.4 Å². The molecular weight excluding hydrogens is 428 g/mol. The molecule has 0 radical (unpaired) electrons. The van der Waals surface area contributed by atoms with Crippen LogP contribution in [0.2, 0.25) is 0 Å². The van der Waals surface area contributed by atoms with Crippen molar-refractivity contribution >= 4 is 21.6 Å². The summed E-state index contributed by atoms with van der Waals surface area (Å²) in [6.45, 7) is 3.55. The number of nitrogens with zero attached hydrogens (tertiary/aromatic N) is 4. The van der Waals surface area contributed by atoms with Crippen LogP contribution in [0.4, 0.5) is 5.69 Å². The molecule has 8 nitrogen and oxygen atoms in total. The first-order valence-electron chi connectivity index (χ1n) is 10.3. The Labute approximate surface area is 188 Å². The zero-order chi connectivity index (χ0) is 23.0. The van der Waals surface area contributed by atoms with E-state index in [1.54, 1.807) is 18.7 Å². The summed E-state index contributed by atoms with van der Waals surface area (Å²) in [5.41, 5.74) is 2.44. The first-order chi connectivity index (χ1) is 15.2. The normalized spacial score (nSPS) is 16.0. The van der Waals surface area contributed by atoms with Gasteiger partial charge in [0.05, 0.1) is 23.1 Å². The second-order valence-electron chi connectivity index (χ2n) is 7.91. The number of rotatable bonds is 5. The van der Waals surface area contributed by atoms with Gasteiger partial charge >= 0.3 is 0 Å². The van der Waals surface area contributed by atoms with Crippen LogP contribution in [0, 0.1) is 13.8 Å². The lowest BCUT2D eigenvalue weighted by Crippen LogP contribution is -2.43. The molecule has 1 atom stereocenters. The van der Waals surface area contributed by atoms with Crippen LogP contribution in [0.1, 0.15) is 23.0 Å². The zero-order valence-corrected chi connectivity index (χ0v) is 19.3. The van der Waals surface area contributed by atoms with Gasteiger partial charge in [-0.15, -0.1) is 0 Å². The molecule has 0 fully saturated rings. The minimum Gasteiger partial charge on any atom is -0.489 e. The molecule has 1 amide bonds. The molecule has 1 aliphatic heterocycles. The fraction of sp³-hybridized carbons (Fsp3) is 0.304. The Bertz CT molecular complexity index is 1250. The first-order valence-corrected chi connectivity index (χ1v) is 11.7. The number of hydrogen-bond donors (Lipinski definition) is 0. The van der Waals surface area contributed by atoms with E-state index in [-0.39, 0.29) is 23.4 Å². The van der Waals surface area contributed by atoms with E-state index in [1.807, 2.05) is 54.6 Å². The van der Waals surface area contributed by atoms with Gasteiger partial charge in [0.2, 0.25) is 15.9 Å². The van der Waals surface area contributed by atoms with Crippen molar-refractivity contribution in [1.29, 1.82) is 0 Å². The van der Waals surface area contributed by atoms with Crippen LogP contribution in [-0.2, 0) is 21.4 Å². The molecule has 0 N–H and O–H groups in total. The number of fused-ring (bicyclic) bond motifs is 1. The fourth-order valence-corrected chi connectivity index (χ4v) is 5.27. The number of amides is 1. The molecule has 2 heterocycles. The number of benzene rings is 2. The van der Waals surface area contributed by atoms with Gasteiger partial charge in [-0.25, -0.2) is 12.7 Å². The SMILES string of the molecule is Cc1nn(CC(=O)N2c3ccccc3OC[C@H]2c2ccccc2)c(C)c1S(=O)(=O)N(C)C. The van der Waals surface area contributed by atoms with Gasteiger partial charge in [-0.2, -0.15) is 5.10 Å². The third-order valence-electron chi connectivity index (χ3n) is 5.63. The van der Waals surface area contributed by atoms with Crippen molar-refractivity contribution in [3.63, 3.8) is 0 Å². The molecule has 168 valence electrons.